The highest BCUT2D eigenvalue weighted by Crippen LogP contribution is 2.25. The molecule has 1 amide bonds. The van der Waals surface area contributed by atoms with Crippen molar-refractivity contribution >= 4 is 5.91 Å². The van der Waals surface area contributed by atoms with E-state index in [1.807, 2.05) is 11.0 Å². The lowest BCUT2D eigenvalue weighted by Gasteiger charge is -2.41. The van der Waals surface area contributed by atoms with Crippen LogP contribution in [0.1, 0.15) is 22.5 Å². The largest absolute Gasteiger partial charge is 0.458 e. The zero-order valence-electron chi connectivity index (χ0n) is 10.1. The Morgan fingerprint density at radius 1 is 1.44 bits per heavy atom. The molecular formula is C13H15N3O2. The Hall–Kier alpha value is -1.80. The van der Waals surface area contributed by atoms with Crippen molar-refractivity contribution < 1.29 is 9.21 Å². The molecule has 5 heteroatoms. The predicted octanol–water partition coefficient (Wildman–Crippen LogP) is 0.833. The summed E-state index contributed by atoms with van der Waals surface area (Å²) < 4.78 is 5.16. The molecule has 2 unspecified atom stereocenters. The van der Waals surface area contributed by atoms with Gasteiger partial charge in [-0.3, -0.25) is 4.79 Å². The quantitative estimate of drug-likeness (QED) is 0.795. The molecule has 3 rings (SSSR count). The maximum absolute atomic E-state index is 12.3. The Morgan fingerprint density at radius 2 is 2.17 bits per heavy atom. The predicted molar refractivity (Wildman–Crippen MR) is 63.8 cm³/mol. The zero-order chi connectivity index (χ0) is 12.5. The number of carbonyl (C=O) groups is 1. The molecule has 5 nitrogen and oxygen atoms in total. The van der Waals surface area contributed by atoms with Crippen LogP contribution in [0.2, 0.25) is 0 Å². The van der Waals surface area contributed by atoms with E-state index in [-0.39, 0.29) is 11.7 Å². The van der Waals surface area contributed by atoms with Gasteiger partial charge in [-0.05, 0) is 31.3 Å². The van der Waals surface area contributed by atoms with Crippen LogP contribution in [0, 0.1) is 23.2 Å². The van der Waals surface area contributed by atoms with Gasteiger partial charge in [-0.1, -0.05) is 0 Å². The van der Waals surface area contributed by atoms with Gasteiger partial charge in [-0.15, -0.1) is 0 Å². The van der Waals surface area contributed by atoms with Gasteiger partial charge in [0.2, 0.25) is 0 Å². The number of likely N-dealkylation sites (tertiary alicyclic amines) is 1. The molecule has 0 saturated carbocycles. The first-order valence-electron chi connectivity index (χ1n) is 6.25. The molecule has 2 aliphatic rings. The van der Waals surface area contributed by atoms with Crippen molar-refractivity contribution in [2.24, 2.45) is 11.8 Å². The number of hydrogen-bond donors (Lipinski definition) is 1. The van der Waals surface area contributed by atoms with Crippen LogP contribution in [0.25, 0.3) is 0 Å². The molecule has 1 aromatic heterocycles. The van der Waals surface area contributed by atoms with Gasteiger partial charge in [0, 0.05) is 19.2 Å². The fraction of sp³-hybridized carbons (Fsp3) is 0.538. The molecule has 18 heavy (non-hydrogen) atoms. The van der Waals surface area contributed by atoms with E-state index in [1.54, 1.807) is 0 Å². The third-order valence-electron chi connectivity index (χ3n) is 3.72. The third kappa shape index (κ3) is 2.00. The molecule has 2 saturated heterocycles. The molecule has 0 aromatic carbocycles. The highest BCUT2D eigenvalue weighted by Gasteiger charge is 2.33. The Bertz CT molecular complexity index is 491. The smallest absolute Gasteiger partial charge is 0.289 e. The fourth-order valence-electron chi connectivity index (χ4n) is 2.93. The van der Waals surface area contributed by atoms with E-state index in [4.69, 9.17) is 9.68 Å². The molecule has 1 N–H and O–H groups in total. The molecule has 3 heterocycles. The molecular weight excluding hydrogens is 230 g/mol. The van der Waals surface area contributed by atoms with Crippen LogP contribution in [0.3, 0.4) is 0 Å². The monoisotopic (exact) mass is 245 g/mol. The average Bonchev–Trinajstić information content (AvgIpc) is 2.86. The lowest BCUT2D eigenvalue weighted by atomic mass is 9.86. The normalized spacial score (nSPS) is 26.7. The van der Waals surface area contributed by atoms with Gasteiger partial charge in [-0.25, -0.2) is 0 Å². The minimum atomic E-state index is -0.0897. The lowest BCUT2D eigenvalue weighted by molar-refractivity contribution is 0.0508. The summed E-state index contributed by atoms with van der Waals surface area (Å²) in [6.07, 6.45) is 2.54. The molecule has 0 spiro atoms. The number of carbonyl (C=O) groups excluding carboxylic acids is 1. The number of rotatable bonds is 1. The van der Waals surface area contributed by atoms with E-state index in [0.29, 0.717) is 17.4 Å². The van der Waals surface area contributed by atoms with Crippen molar-refractivity contribution in [1.29, 1.82) is 5.26 Å². The summed E-state index contributed by atoms with van der Waals surface area (Å²) in [6, 6.07) is 3.49. The van der Waals surface area contributed by atoms with Crippen LogP contribution < -0.4 is 5.32 Å². The van der Waals surface area contributed by atoms with Crippen LogP contribution in [0.15, 0.2) is 16.7 Å². The number of nitrogens with one attached hydrogen (secondary N) is 1. The van der Waals surface area contributed by atoms with Crippen LogP contribution >= 0.6 is 0 Å². The van der Waals surface area contributed by atoms with Crippen molar-refractivity contribution in [3.05, 3.63) is 23.7 Å². The van der Waals surface area contributed by atoms with Crippen LogP contribution in [-0.2, 0) is 0 Å². The van der Waals surface area contributed by atoms with E-state index in [0.717, 1.165) is 26.2 Å². The molecule has 2 bridgehead atoms. The highest BCUT2D eigenvalue weighted by molar-refractivity contribution is 5.92. The summed E-state index contributed by atoms with van der Waals surface area (Å²) in [5.74, 6) is 1.28. The highest BCUT2D eigenvalue weighted by atomic mass is 16.3. The first kappa shape index (κ1) is 11.3. The second-order valence-electron chi connectivity index (χ2n) is 5.15. The first-order valence-corrected chi connectivity index (χ1v) is 6.25. The lowest BCUT2D eigenvalue weighted by Crippen LogP contribution is -2.52. The number of piperidine rings is 2. The zero-order valence-corrected chi connectivity index (χ0v) is 10.1. The Kier molecular flexibility index (Phi) is 2.80. The summed E-state index contributed by atoms with van der Waals surface area (Å²) in [5.41, 5.74) is 0.400. The summed E-state index contributed by atoms with van der Waals surface area (Å²) in [7, 11) is 0. The number of nitrogens with zero attached hydrogens (tertiary/aromatic N) is 2. The number of furan rings is 1. The molecule has 0 aliphatic carbocycles. The third-order valence-corrected chi connectivity index (χ3v) is 3.72. The standard InChI is InChI=1S/C13H15N3O2/c14-3-9-2-12(18-8-9)13(17)16-6-10-1-11(7-16)5-15-4-10/h2,8,10-11,15H,1,4-7H2. The number of fused-ring (bicyclic) bond motifs is 2. The van der Waals surface area contributed by atoms with Gasteiger partial charge in [0.1, 0.15) is 12.3 Å². The summed E-state index contributed by atoms with van der Waals surface area (Å²) in [6.45, 7) is 3.54. The first-order chi connectivity index (χ1) is 8.76. The Morgan fingerprint density at radius 3 is 2.78 bits per heavy atom. The molecule has 2 fully saturated rings. The van der Waals surface area contributed by atoms with E-state index >= 15 is 0 Å². The van der Waals surface area contributed by atoms with Crippen molar-refractivity contribution in [3.63, 3.8) is 0 Å². The van der Waals surface area contributed by atoms with Crippen LogP contribution in [0.4, 0.5) is 0 Å². The second kappa shape index (κ2) is 4.46. The van der Waals surface area contributed by atoms with Crippen LogP contribution in [0.5, 0.6) is 0 Å². The van der Waals surface area contributed by atoms with Gasteiger partial charge >= 0.3 is 0 Å². The Balaban J connectivity index is 1.74. The van der Waals surface area contributed by atoms with Crippen molar-refractivity contribution in [3.8, 4) is 6.07 Å². The Labute approximate surface area is 105 Å². The van der Waals surface area contributed by atoms with E-state index < -0.39 is 0 Å². The molecule has 2 atom stereocenters. The topological polar surface area (TPSA) is 69.3 Å². The minimum absolute atomic E-state index is 0.0897. The van der Waals surface area contributed by atoms with E-state index in [9.17, 15) is 4.79 Å². The molecule has 0 radical (unpaired) electrons. The second-order valence-corrected chi connectivity index (χ2v) is 5.15. The maximum Gasteiger partial charge on any atom is 0.289 e. The average molecular weight is 245 g/mol. The number of amides is 1. The summed E-state index contributed by atoms with van der Waals surface area (Å²) in [4.78, 5) is 14.1. The minimum Gasteiger partial charge on any atom is -0.458 e. The number of nitriles is 1. The maximum atomic E-state index is 12.3. The van der Waals surface area contributed by atoms with Gasteiger partial charge in [0.15, 0.2) is 5.76 Å². The summed E-state index contributed by atoms with van der Waals surface area (Å²) in [5, 5.41) is 12.1. The van der Waals surface area contributed by atoms with Crippen molar-refractivity contribution in [2.45, 2.75) is 6.42 Å². The SMILES string of the molecule is N#Cc1coc(C(=O)N2CC3CNCC(C3)C2)c1. The van der Waals surface area contributed by atoms with Crippen molar-refractivity contribution in [2.75, 3.05) is 26.2 Å². The molecule has 1 aromatic rings. The van der Waals surface area contributed by atoms with Gasteiger partial charge < -0.3 is 14.6 Å². The van der Waals surface area contributed by atoms with Gasteiger partial charge in [-0.2, -0.15) is 5.26 Å². The van der Waals surface area contributed by atoms with Crippen molar-refractivity contribution in [1.82, 2.24) is 10.2 Å². The van der Waals surface area contributed by atoms with E-state index in [1.165, 1.54) is 18.8 Å². The van der Waals surface area contributed by atoms with E-state index in [2.05, 4.69) is 5.32 Å². The summed E-state index contributed by atoms with van der Waals surface area (Å²) >= 11 is 0. The van der Waals surface area contributed by atoms with Gasteiger partial charge in [0.05, 0.1) is 5.56 Å². The van der Waals surface area contributed by atoms with Crippen LogP contribution in [-0.4, -0.2) is 37.0 Å². The fourth-order valence-corrected chi connectivity index (χ4v) is 2.93. The molecule has 2 aliphatic heterocycles. The van der Waals surface area contributed by atoms with Gasteiger partial charge in [0.25, 0.3) is 5.91 Å². The molecule has 94 valence electrons. The number of hydrogen-bond acceptors (Lipinski definition) is 4.